The maximum Gasteiger partial charge on any atom is 0.224 e. The van der Waals surface area contributed by atoms with E-state index in [9.17, 15) is 9.90 Å². The molecule has 1 saturated heterocycles. The minimum atomic E-state index is -0.754. The van der Waals surface area contributed by atoms with Gasteiger partial charge in [-0.05, 0) is 31.0 Å². The minimum Gasteiger partial charge on any atom is -0.386 e. The van der Waals surface area contributed by atoms with Gasteiger partial charge in [-0.2, -0.15) is 15.0 Å². The molecule has 128 valence electrons. The lowest BCUT2D eigenvalue weighted by molar-refractivity contribution is -0.135. The summed E-state index contributed by atoms with van der Waals surface area (Å²) in [6, 6.07) is 16.7. The number of nitrogens with zero attached hydrogens (tertiary/aromatic N) is 4. The Morgan fingerprint density at radius 3 is 2.28 bits per heavy atom. The quantitative estimate of drug-likeness (QED) is 0.795. The van der Waals surface area contributed by atoms with E-state index in [-0.39, 0.29) is 18.1 Å². The van der Waals surface area contributed by atoms with Gasteiger partial charge in [0, 0.05) is 6.42 Å². The third-order valence-electron chi connectivity index (χ3n) is 4.83. The first-order valence-electron chi connectivity index (χ1n) is 8.51. The van der Waals surface area contributed by atoms with Gasteiger partial charge in [0.2, 0.25) is 5.91 Å². The number of aliphatic hydroxyl groups excluding tert-OH is 1. The Balaban J connectivity index is 1.65. The fourth-order valence-corrected chi connectivity index (χ4v) is 3.50. The molecule has 1 aliphatic rings. The van der Waals surface area contributed by atoms with Crippen molar-refractivity contribution in [2.45, 2.75) is 38.1 Å². The molecule has 25 heavy (non-hydrogen) atoms. The molecule has 1 aromatic heterocycles. The van der Waals surface area contributed by atoms with Crippen LogP contribution in [0.5, 0.6) is 0 Å². The van der Waals surface area contributed by atoms with Crippen LogP contribution < -0.4 is 0 Å². The SMILES string of the molecule is C[C@H]([C@H](O)c1ccccc1)N1C(=O)CCC1n1nc2ccccc2n1. The number of hydrogen-bond acceptors (Lipinski definition) is 4. The molecule has 0 spiro atoms. The maximum atomic E-state index is 12.5. The Morgan fingerprint density at radius 1 is 1.04 bits per heavy atom. The standard InChI is InChI=1S/C19H20N4O2/c1-13(19(25)14-7-3-2-4-8-14)22-17(11-12-18(22)24)23-20-15-9-5-6-10-16(15)21-23/h2-10,13,17,19,25H,11-12H2,1H3/t13-,17?,19+/m1/s1. The average molecular weight is 336 g/mol. The van der Waals surface area contributed by atoms with Crippen molar-refractivity contribution < 1.29 is 9.90 Å². The van der Waals surface area contributed by atoms with Gasteiger partial charge in [0.05, 0.1) is 12.1 Å². The Labute approximate surface area is 145 Å². The van der Waals surface area contributed by atoms with E-state index in [0.29, 0.717) is 12.8 Å². The Bertz CT molecular complexity index is 860. The number of aromatic nitrogens is 3. The average Bonchev–Trinajstić information content (AvgIpc) is 3.24. The minimum absolute atomic E-state index is 0.0221. The largest absolute Gasteiger partial charge is 0.386 e. The van der Waals surface area contributed by atoms with E-state index in [0.717, 1.165) is 16.6 Å². The summed E-state index contributed by atoms with van der Waals surface area (Å²) in [5, 5.41) is 19.8. The fraction of sp³-hybridized carbons (Fsp3) is 0.316. The van der Waals surface area contributed by atoms with E-state index >= 15 is 0 Å². The first-order chi connectivity index (χ1) is 12.1. The first-order valence-corrected chi connectivity index (χ1v) is 8.51. The molecule has 1 fully saturated rings. The van der Waals surface area contributed by atoms with Gasteiger partial charge < -0.3 is 10.0 Å². The highest BCUT2D eigenvalue weighted by Crippen LogP contribution is 2.34. The lowest BCUT2D eigenvalue weighted by Gasteiger charge is -2.33. The van der Waals surface area contributed by atoms with Gasteiger partial charge in [0.1, 0.15) is 17.2 Å². The molecular formula is C19H20N4O2. The van der Waals surface area contributed by atoms with Crippen molar-refractivity contribution in [1.82, 2.24) is 19.9 Å². The Kier molecular flexibility index (Phi) is 3.97. The van der Waals surface area contributed by atoms with Crippen LogP contribution in [-0.2, 0) is 4.79 Å². The number of carbonyl (C=O) groups is 1. The highest BCUT2D eigenvalue weighted by atomic mass is 16.3. The van der Waals surface area contributed by atoms with Crippen LogP contribution in [0.2, 0.25) is 0 Å². The second kappa shape index (κ2) is 6.29. The summed E-state index contributed by atoms with van der Waals surface area (Å²) >= 11 is 0. The van der Waals surface area contributed by atoms with Gasteiger partial charge in [-0.15, -0.1) is 0 Å². The highest BCUT2D eigenvalue weighted by molar-refractivity contribution is 5.79. The van der Waals surface area contributed by atoms with Gasteiger partial charge in [0.25, 0.3) is 0 Å². The molecule has 3 aromatic rings. The van der Waals surface area contributed by atoms with Crippen LogP contribution in [0.15, 0.2) is 54.6 Å². The Hall–Kier alpha value is -2.73. The Morgan fingerprint density at radius 2 is 1.64 bits per heavy atom. The van der Waals surface area contributed by atoms with Crippen LogP contribution in [0.3, 0.4) is 0 Å². The number of carbonyl (C=O) groups excluding carboxylic acids is 1. The van der Waals surface area contributed by atoms with E-state index in [2.05, 4.69) is 10.2 Å². The third-order valence-corrected chi connectivity index (χ3v) is 4.83. The van der Waals surface area contributed by atoms with Crippen LogP contribution in [0, 0.1) is 0 Å². The molecule has 1 amide bonds. The third kappa shape index (κ3) is 2.78. The smallest absolute Gasteiger partial charge is 0.224 e. The molecule has 1 unspecified atom stereocenters. The zero-order valence-corrected chi connectivity index (χ0v) is 14.0. The lowest BCUT2D eigenvalue weighted by Crippen LogP contribution is -2.42. The van der Waals surface area contributed by atoms with E-state index in [4.69, 9.17) is 0 Å². The fourth-order valence-electron chi connectivity index (χ4n) is 3.50. The van der Waals surface area contributed by atoms with Crippen molar-refractivity contribution in [3.05, 3.63) is 60.2 Å². The normalized spacial score (nSPS) is 20.2. The van der Waals surface area contributed by atoms with E-state index in [1.54, 1.807) is 9.70 Å². The molecule has 2 aromatic carbocycles. The van der Waals surface area contributed by atoms with Gasteiger partial charge in [-0.1, -0.05) is 42.5 Å². The number of amides is 1. The van der Waals surface area contributed by atoms with Crippen LogP contribution in [-0.4, -0.2) is 36.9 Å². The summed E-state index contributed by atoms with van der Waals surface area (Å²) in [5.41, 5.74) is 2.41. The van der Waals surface area contributed by atoms with E-state index < -0.39 is 6.10 Å². The highest BCUT2D eigenvalue weighted by Gasteiger charge is 2.39. The molecule has 1 aliphatic heterocycles. The summed E-state index contributed by atoms with van der Waals surface area (Å²) in [6.07, 6.45) is 0.0593. The summed E-state index contributed by atoms with van der Waals surface area (Å²) in [4.78, 5) is 15.8. The second-order valence-corrected chi connectivity index (χ2v) is 6.43. The molecule has 2 heterocycles. The summed E-state index contributed by atoms with van der Waals surface area (Å²) in [7, 11) is 0. The van der Waals surface area contributed by atoms with Crippen molar-refractivity contribution >= 4 is 16.9 Å². The van der Waals surface area contributed by atoms with Crippen molar-refractivity contribution in [2.75, 3.05) is 0 Å². The number of rotatable bonds is 4. The van der Waals surface area contributed by atoms with Gasteiger partial charge in [-0.25, -0.2) is 0 Å². The first kappa shape index (κ1) is 15.8. The predicted octanol–water partition coefficient (Wildman–Crippen LogP) is 2.67. The summed E-state index contributed by atoms with van der Waals surface area (Å²) in [5.74, 6) is 0.0221. The van der Waals surface area contributed by atoms with Gasteiger partial charge in [-0.3, -0.25) is 4.79 Å². The number of fused-ring (bicyclic) bond motifs is 1. The van der Waals surface area contributed by atoms with Gasteiger partial charge in [0.15, 0.2) is 0 Å². The molecule has 6 heteroatoms. The van der Waals surface area contributed by atoms with E-state index in [1.807, 2.05) is 61.5 Å². The second-order valence-electron chi connectivity index (χ2n) is 6.43. The zero-order valence-electron chi connectivity index (χ0n) is 14.0. The molecule has 6 nitrogen and oxygen atoms in total. The van der Waals surface area contributed by atoms with E-state index in [1.165, 1.54) is 0 Å². The molecule has 1 N–H and O–H groups in total. The molecule has 4 rings (SSSR count). The summed E-state index contributed by atoms with van der Waals surface area (Å²) in [6.45, 7) is 1.87. The number of benzene rings is 2. The summed E-state index contributed by atoms with van der Waals surface area (Å²) < 4.78 is 0. The van der Waals surface area contributed by atoms with Crippen LogP contribution in [0.25, 0.3) is 11.0 Å². The monoisotopic (exact) mass is 336 g/mol. The molecule has 3 atom stereocenters. The zero-order chi connectivity index (χ0) is 17.4. The van der Waals surface area contributed by atoms with Crippen molar-refractivity contribution in [1.29, 1.82) is 0 Å². The number of hydrogen-bond donors (Lipinski definition) is 1. The maximum absolute atomic E-state index is 12.5. The molecule has 0 radical (unpaired) electrons. The topological polar surface area (TPSA) is 71.2 Å². The van der Waals surface area contributed by atoms with Gasteiger partial charge >= 0.3 is 0 Å². The van der Waals surface area contributed by atoms with Crippen molar-refractivity contribution in [2.24, 2.45) is 0 Å². The molecule has 0 saturated carbocycles. The van der Waals surface area contributed by atoms with Crippen LogP contribution >= 0.6 is 0 Å². The van der Waals surface area contributed by atoms with Crippen LogP contribution in [0.4, 0.5) is 0 Å². The van der Waals surface area contributed by atoms with Crippen molar-refractivity contribution in [3.8, 4) is 0 Å². The van der Waals surface area contributed by atoms with Crippen molar-refractivity contribution in [3.63, 3.8) is 0 Å². The lowest BCUT2D eigenvalue weighted by atomic mass is 10.0. The predicted molar refractivity (Wildman–Crippen MR) is 93.5 cm³/mol. The number of likely N-dealkylation sites (tertiary alicyclic amines) is 1. The molecular weight excluding hydrogens is 316 g/mol. The number of aliphatic hydroxyl groups is 1. The molecule has 0 bridgehead atoms. The molecule has 0 aliphatic carbocycles. The van der Waals surface area contributed by atoms with Crippen LogP contribution in [0.1, 0.15) is 37.6 Å².